The Hall–Kier alpha value is -2.50. The Labute approximate surface area is 103 Å². The van der Waals surface area contributed by atoms with E-state index in [4.69, 9.17) is 5.73 Å². The topological polar surface area (TPSA) is 80.9 Å². The molecule has 0 atom stereocenters. The Kier molecular flexibility index (Phi) is 3.18. The predicted octanol–water partition coefficient (Wildman–Crippen LogP) is 1.76. The molecule has 0 saturated carbocycles. The number of hydrogen-bond acceptors (Lipinski definition) is 4. The Bertz CT molecular complexity index is 583. The fourth-order valence-corrected chi connectivity index (χ4v) is 1.36. The average molecular weight is 246 g/mol. The summed E-state index contributed by atoms with van der Waals surface area (Å²) < 4.78 is 13.5. The Morgan fingerprint density at radius 1 is 1.33 bits per heavy atom. The smallest absolute Gasteiger partial charge is 0.275 e. The largest absolute Gasteiger partial charge is 0.382 e. The van der Waals surface area contributed by atoms with Crippen molar-refractivity contribution in [2.24, 2.45) is 0 Å². The van der Waals surface area contributed by atoms with Crippen molar-refractivity contribution >= 4 is 17.4 Å². The fourth-order valence-electron chi connectivity index (χ4n) is 1.36. The first-order chi connectivity index (χ1) is 8.56. The molecule has 1 amide bonds. The molecule has 92 valence electrons. The number of nitrogens with two attached hydrogens (primary N) is 1. The summed E-state index contributed by atoms with van der Waals surface area (Å²) in [6.07, 6.45) is 2.50. The quantitative estimate of drug-likeness (QED) is 0.846. The molecule has 2 aromatic rings. The van der Waals surface area contributed by atoms with Crippen LogP contribution in [-0.2, 0) is 0 Å². The van der Waals surface area contributed by atoms with Gasteiger partial charge in [0.05, 0.1) is 18.1 Å². The number of carbonyl (C=O) groups excluding carboxylic acids is 1. The van der Waals surface area contributed by atoms with Gasteiger partial charge >= 0.3 is 0 Å². The van der Waals surface area contributed by atoms with Crippen molar-refractivity contribution in [1.82, 2.24) is 9.97 Å². The van der Waals surface area contributed by atoms with Crippen molar-refractivity contribution in [3.05, 3.63) is 47.7 Å². The van der Waals surface area contributed by atoms with Crippen LogP contribution in [0.3, 0.4) is 0 Å². The number of nitrogen functional groups attached to an aromatic ring is 1. The van der Waals surface area contributed by atoms with E-state index in [1.54, 1.807) is 13.0 Å². The molecular weight excluding hydrogens is 235 g/mol. The van der Waals surface area contributed by atoms with Crippen LogP contribution in [0, 0.1) is 12.7 Å². The molecule has 18 heavy (non-hydrogen) atoms. The first kappa shape index (κ1) is 12.0. The number of hydrogen-bond donors (Lipinski definition) is 2. The Morgan fingerprint density at radius 2 is 2.11 bits per heavy atom. The molecule has 6 heteroatoms. The molecule has 0 radical (unpaired) electrons. The molecule has 0 fully saturated rings. The summed E-state index contributed by atoms with van der Waals surface area (Å²) >= 11 is 0. The second kappa shape index (κ2) is 4.79. The minimum Gasteiger partial charge on any atom is -0.382 e. The van der Waals surface area contributed by atoms with Gasteiger partial charge in [-0.2, -0.15) is 0 Å². The van der Waals surface area contributed by atoms with Gasteiger partial charge in [-0.25, -0.2) is 14.4 Å². The standard InChI is InChI=1S/C12H11FN4O/c1-7-2-3-9(8(13)4-7)17-12(18)10-5-16-11(14)6-15-10/h2-6H,1H3,(H2,14,16)(H,17,18). The van der Waals surface area contributed by atoms with E-state index in [2.05, 4.69) is 15.3 Å². The van der Waals surface area contributed by atoms with Crippen molar-refractivity contribution in [3.8, 4) is 0 Å². The van der Waals surface area contributed by atoms with Crippen LogP contribution in [0.15, 0.2) is 30.6 Å². The van der Waals surface area contributed by atoms with Crippen molar-refractivity contribution in [1.29, 1.82) is 0 Å². The molecule has 0 aliphatic rings. The van der Waals surface area contributed by atoms with E-state index in [9.17, 15) is 9.18 Å². The summed E-state index contributed by atoms with van der Waals surface area (Å²) in [7, 11) is 0. The number of aryl methyl sites for hydroxylation is 1. The van der Waals surface area contributed by atoms with Gasteiger partial charge in [-0.05, 0) is 24.6 Å². The van der Waals surface area contributed by atoms with Gasteiger partial charge in [0.25, 0.3) is 5.91 Å². The van der Waals surface area contributed by atoms with E-state index in [1.807, 2.05) is 0 Å². The van der Waals surface area contributed by atoms with Gasteiger partial charge in [0.2, 0.25) is 0 Å². The van der Waals surface area contributed by atoms with Gasteiger partial charge < -0.3 is 11.1 Å². The third kappa shape index (κ3) is 2.60. The highest BCUT2D eigenvalue weighted by atomic mass is 19.1. The second-order valence-electron chi connectivity index (χ2n) is 3.76. The number of carbonyl (C=O) groups is 1. The maximum atomic E-state index is 13.5. The summed E-state index contributed by atoms with van der Waals surface area (Å²) in [6, 6.07) is 4.53. The molecule has 0 aliphatic carbocycles. The van der Waals surface area contributed by atoms with Crippen LogP contribution in [0.25, 0.3) is 0 Å². The van der Waals surface area contributed by atoms with Crippen molar-refractivity contribution in [2.75, 3.05) is 11.1 Å². The lowest BCUT2D eigenvalue weighted by Gasteiger charge is -2.06. The van der Waals surface area contributed by atoms with Crippen LogP contribution in [-0.4, -0.2) is 15.9 Å². The van der Waals surface area contributed by atoms with Crippen LogP contribution >= 0.6 is 0 Å². The zero-order valence-electron chi connectivity index (χ0n) is 9.64. The lowest BCUT2D eigenvalue weighted by Crippen LogP contribution is -2.15. The minimum absolute atomic E-state index is 0.0733. The van der Waals surface area contributed by atoms with Crippen molar-refractivity contribution < 1.29 is 9.18 Å². The normalized spacial score (nSPS) is 10.1. The Morgan fingerprint density at radius 3 is 2.72 bits per heavy atom. The lowest BCUT2D eigenvalue weighted by atomic mass is 10.2. The monoisotopic (exact) mass is 246 g/mol. The van der Waals surface area contributed by atoms with E-state index in [0.29, 0.717) is 0 Å². The van der Waals surface area contributed by atoms with Crippen LogP contribution in [0.5, 0.6) is 0 Å². The minimum atomic E-state index is -0.537. The maximum Gasteiger partial charge on any atom is 0.275 e. The second-order valence-corrected chi connectivity index (χ2v) is 3.76. The van der Waals surface area contributed by atoms with Crippen molar-refractivity contribution in [2.45, 2.75) is 6.92 Å². The molecule has 0 bridgehead atoms. The number of aromatic nitrogens is 2. The SMILES string of the molecule is Cc1ccc(NC(=O)c2cnc(N)cn2)c(F)c1. The summed E-state index contributed by atoms with van der Waals surface area (Å²) in [4.78, 5) is 19.3. The molecule has 0 unspecified atom stereocenters. The van der Waals surface area contributed by atoms with E-state index in [-0.39, 0.29) is 17.2 Å². The zero-order valence-corrected chi connectivity index (χ0v) is 9.64. The molecule has 1 aromatic carbocycles. The number of nitrogens with zero attached hydrogens (tertiary/aromatic N) is 2. The Balaban J connectivity index is 2.18. The lowest BCUT2D eigenvalue weighted by molar-refractivity contribution is 0.102. The number of rotatable bonds is 2. The highest BCUT2D eigenvalue weighted by Crippen LogP contribution is 2.15. The fraction of sp³-hybridized carbons (Fsp3) is 0.0833. The number of nitrogens with one attached hydrogen (secondary N) is 1. The van der Waals surface area contributed by atoms with E-state index < -0.39 is 11.7 Å². The molecule has 0 aliphatic heterocycles. The summed E-state index contributed by atoms with van der Waals surface area (Å²) in [6.45, 7) is 1.76. The summed E-state index contributed by atoms with van der Waals surface area (Å²) in [5.41, 5.74) is 6.30. The van der Waals surface area contributed by atoms with Crippen LogP contribution in [0.4, 0.5) is 15.9 Å². The van der Waals surface area contributed by atoms with Crippen LogP contribution in [0.1, 0.15) is 16.1 Å². The van der Waals surface area contributed by atoms with E-state index >= 15 is 0 Å². The molecule has 2 rings (SSSR count). The van der Waals surface area contributed by atoms with Gasteiger partial charge in [-0.15, -0.1) is 0 Å². The number of benzene rings is 1. The van der Waals surface area contributed by atoms with Crippen LogP contribution < -0.4 is 11.1 Å². The van der Waals surface area contributed by atoms with Crippen LogP contribution in [0.2, 0.25) is 0 Å². The zero-order chi connectivity index (χ0) is 13.1. The molecule has 1 heterocycles. The predicted molar refractivity (Wildman–Crippen MR) is 65.5 cm³/mol. The summed E-state index contributed by atoms with van der Waals surface area (Å²) in [5, 5.41) is 2.42. The van der Waals surface area contributed by atoms with Crippen molar-refractivity contribution in [3.63, 3.8) is 0 Å². The van der Waals surface area contributed by atoms with Gasteiger partial charge in [-0.3, -0.25) is 4.79 Å². The highest BCUT2D eigenvalue weighted by molar-refractivity contribution is 6.02. The van der Waals surface area contributed by atoms with E-state index in [1.165, 1.54) is 24.5 Å². The molecule has 3 N–H and O–H groups in total. The van der Waals surface area contributed by atoms with Gasteiger partial charge in [-0.1, -0.05) is 6.07 Å². The first-order valence-electron chi connectivity index (χ1n) is 5.21. The number of amides is 1. The van der Waals surface area contributed by atoms with E-state index in [0.717, 1.165) is 5.56 Å². The van der Waals surface area contributed by atoms with Gasteiger partial charge in [0.1, 0.15) is 17.3 Å². The van der Waals surface area contributed by atoms with Gasteiger partial charge in [0, 0.05) is 0 Å². The third-order valence-electron chi connectivity index (χ3n) is 2.28. The molecule has 1 aromatic heterocycles. The highest BCUT2D eigenvalue weighted by Gasteiger charge is 2.10. The molecule has 0 saturated heterocycles. The molecular formula is C12H11FN4O. The molecule has 5 nitrogen and oxygen atoms in total. The number of anilines is 2. The maximum absolute atomic E-state index is 13.5. The third-order valence-corrected chi connectivity index (χ3v) is 2.28. The first-order valence-corrected chi connectivity index (χ1v) is 5.21. The number of halogens is 1. The summed E-state index contributed by atoms with van der Waals surface area (Å²) in [5.74, 6) is -0.815. The average Bonchev–Trinajstić information content (AvgIpc) is 2.33. The van der Waals surface area contributed by atoms with Gasteiger partial charge in [0.15, 0.2) is 0 Å². The molecule has 0 spiro atoms.